The topological polar surface area (TPSA) is 98.8 Å². The van der Waals surface area contributed by atoms with Crippen LogP contribution in [-0.4, -0.2) is 39.0 Å². The van der Waals surface area contributed by atoms with Gasteiger partial charge in [-0.05, 0) is 36.7 Å². The maximum atomic E-state index is 11.8. The molecule has 2 aliphatic rings. The predicted molar refractivity (Wildman–Crippen MR) is 73.7 cm³/mol. The lowest BCUT2D eigenvalue weighted by molar-refractivity contribution is -0.158. The predicted octanol–water partition coefficient (Wildman–Crippen LogP) is -0.0680. The second kappa shape index (κ2) is 6.15. The van der Waals surface area contributed by atoms with Gasteiger partial charge in [0, 0.05) is 0 Å². The van der Waals surface area contributed by atoms with E-state index in [1.54, 1.807) is 0 Å². The summed E-state index contributed by atoms with van der Waals surface area (Å²) >= 11 is 0. The molecule has 0 aromatic heterocycles. The van der Waals surface area contributed by atoms with Gasteiger partial charge < -0.3 is 10.1 Å². The Hall–Kier alpha value is -1.41. The Balaban J connectivity index is 1.99. The summed E-state index contributed by atoms with van der Waals surface area (Å²) in [5, 5.41) is 2.32. The van der Waals surface area contributed by atoms with Crippen LogP contribution < -0.4 is 5.32 Å². The lowest BCUT2D eigenvalue weighted by Crippen LogP contribution is -2.44. The van der Waals surface area contributed by atoms with Crippen molar-refractivity contribution in [1.29, 1.82) is 0 Å². The standard InChI is InChI=1S/C13H19NO6S/c1-3-9(15)14-7-10(16)19-11-8-4-5-13(2,6-8)12(11)20-21(17)18/h3,8,11-12,21H,1,4-7H2,2H3,(H,14,15). The SMILES string of the molecule is C=CC(=O)NCC(=O)OC1C2CCC(C)(C2)C1O[SH](=O)=O. The van der Waals surface area contributed by atoms with E-state index in [4.69, 9.17) is 8.92 Å². The molecule has 0 saturated heterocycles. The van der Waals surface area contributed by atoms with Crippen molar-refractivity contribution in [2.45, 2.75) is 38.4 Å². The second-order valence-electron chi connectivity index (χ2n) is 5.78. The number of ether oxygens (including phenoxy) is 1. The van der Waals surface area contributed by atoms with Crippen LogP contribution in [0.15, 0.2) is 12.7 Å². The van der Waals surface area contributed by atoms with E-state index >= 15 is 0 Å². The number of thiol groups is 1. The zero-order valence-electron chi connectivity index (χ0n) is 11.7. The molecule has 1 N–H and O–H groups in total. The molecule has 2 bridgehead atoms. The molecular weight excluding hydrogens is 298 g/mol. The van der Waals surface area contributed by atoms with E-state index in [1.807, 2.05) is 6.92 Å². The van der Waals surface area contributed by atoms with E-state index in [2.05, 4.69) is 11.9 Å². The van der Waals surface area contributed by atoms with E-state index in [0.29, 0.717) is 0 Å². The van der Waals surface area contributed by atoms with Crippen LogP contribution in [0.25, 0.3) is 0 Å². The molecule has 0 aromatic carbocycles. The molecule has 7 nitrogen and oxygen atoms in total. The fourth-order valence-corrected chi connectivity index (χ4v) is 3.92. The van der Waals surface area contributed by atoms with Crippen molar-refractivity contribution < 1.29 is 26.9 Å². The van der Waals surface area contributed by atoms with Crippen LogP contribution in [0.4, 0.5) is 0 Å². The highest BCUT2D eigenvalue weighted by atomic mass is 32.2. The number of carbonyl (C=O) groups is 2. The Labute approximate surface area is 124 Å². The molecule has 4 atom stereocenters. The molecule has 1 amide bonds. The van der Waals surface area contributed by atoms with Gasteiger partial charge in [-0.15, -0.1) is 0 Å². The zero-order chi connectivity index (χ0) is 15.6. The number of esters is 1. The summed E-state index contributed by atoms with van der Waals surface area (Å²) in [7, 11) is -3.00. The largest absolute Gasteiger partial charge is 0.458 e. The van der Waals surface area contributed by atoms with Gasteiger partial charge in [-0.3, -0.25) is 13.8 Å². The summed E-state index contributed by atoms with van der Waals surface area (Å²) in [6.45, 7) is 4.95. The Kier molecular flexibility index (Phi) is 4.67. The Bertz CT molecular complexity index is 523. The van der Waals surface area contributed by atoms with Crippen LogP contribution in [0.5, 0.6) is 0 Å². The monoisotopic (exact) mass is 317 g/mol. The maximum absolute atomic E-state index is 11.8. The minimum atomic E-state index is -3.00. The third-order valence-electron chi connectivity index (χ3n) is 4.32. The number of carbonyl (C=O) groups excluding carboxylic acids is 2. The summed E-state index contributed by atoms with van der Waals surface area (Å²) < 4.78 is 32.1. The summed E-state index contributed by atoms with van der Waals surface area (Å²) in [6.07, 6.45) is 2.34. The molecule has 2 fully saturated rings. The highest BCUT2D eigenvalue weighted by Gasteiger charge is 2.58. The first-order valence-electron chi connectivity index (χ1n) is 6.76. The highest BCUT2D eigenvalue weighted by Crippen LogP contribution is 2.56. The Morgan fingerprint density at radius 1 is 1.48 bits per heavy atom. The first kappa shape index (κ1) is 16.0. The number of amides is 1. The molecule has 4 unspecified atom stereocenters. The van der Waals surface area contributed by atoms with Crippen molar-refractivity contribution in [3.63, 3.8) is 0 Å². The third kappa shape index (κ3) is 3.44. The van der Waals surface area contributed by atoms with Crippen LogP contribution in [0.3, 0.4) is 0 Å². The lowest BCUT2D eigenvalue weighted by atomic mass is 9.83. The fourth-order valence-electron chi connectivity index (χ4n) is 3.36. The molecule has 2 aliphatic carbocycles. The molecule has 21 heavy (non-hydrogen) atoms. The van der Waals surface area contributed by atoms with Crippen molar-refractivity contribution in [3.05, 3.63) is 12.7 Å². The van der Waals surface area contributed by atoms with E-state index in [-0.39, 0.29) is 17.9 Å². The van der Waals surface area contributed by atoms with Gasteiger partial charge in [0.15, 0.2) is 0 Å². The lowest BCUT2D eigenvalue weighted by Gasteiger charge is -2.34. The molecular formula is C13H19NO6S. The average Bonchev–Trinajstić information content (AvgIpc) is 2.92. The van der Waals surface area contributed by atoms with Gasteiger partial charge >= 0.3 is 5.97 Å². The van der Waals surface area contributed by atoms with Crippen molar-refractivity contribution in [1.82, 2.24) is 5.32 Å². The first-order chi connectivity index (χ1) is 9.85. The maximum Gasteiger partial charge on any atom is 0.325 e. The molecule has 118 valence electrons. The molecule has 8 heteroatoms. The fraction of sp³-hybridized carbons (Fsp3) is 0.692. The summed E-state index contributed by atoms with van der Waals surface area (Å²) in [4.78, 5) is 22.8. The quantitative estimate of drug-likeness (QED) is 0.404. The van der Waals surface area contributed by atoms with E-state index < -0.39 is 35.1 Å². The van der Waals surface area contributed by atoms with Crippen molar-refractivity contribution in [2.75, 3.05) is 6.54 Å². The van der Waals surface area contributed by atoms with Crippen molar-refractivity contribution >= 4 is 22.9 Å². The number of fused-ring (bicyclic) bond motifs is 2. The van der Waals surface area contributed by atoms with Crippen LogP contribution in [0.1, 0.15) is 26.2 Å². The first-order valence-corrected chi connectivity index (χ1v) is 7.86. The summed E-state index contributed by atoms with van der Waals surface area (Å²) in [5.74, 6) is -0.975. The summed E-state index contributed by atoms with van der Waals surface area (Å²) in [5.41, 5.74) is -0.282. The number of nitrogens with one attached hydrogen (secondary N) is 1. The molecule has 0 spiro atoms. The second-order valence-corrected chi connectivity index (χ2v) is 6.44. The zero-order valence-corrected chi connectivity index (χ0v) is 12.6. The van der Waals surface area contributed by atoms with Gasteiger partial charge in [0.05, 0.1) is 0 Å². The number of rotatable bonds is 6. The summed E-state index contributed by atoms with van der Waals surface area (Å²) in [6, 6.07) is 0. The van der Waals surface area contributed by atoms with Gasteiger partial charge in [0.1, 0.15) is 18.8 Å². The van der Waals surface area contributed by atoms with Crippen molar-refractivity contribution in [2.24, 2.45) is 11.3 Å². The molecule has 0 aliphatic heterocycles. The molecule has 0 aromatic rings. The average molecular weight is 317 g/mol. The molecule has 2 rings (SSSR count). The molecule has 2 saturated carbocycles. The van der Waals surface area contributed by atoms with Gasteiger partial charge in [-0.25, -0.2) is 8.42 Å². The van der Waals surface area contributed by atoms with Crippen molar-refractivity contribution in [3.8, 4) is 0 Å². The molecule has 0 heterocycles. The van der Waals surface area contributed by atoms with Crippen LogP contribution in [-0.2, 0) is 29.5 Å². The highest BCUT2D eigenvalue weighted by molar-refractivity contribution is 7.67. The van der Waals surface area contributed by atoms with E-state index in [9.17, 15) is 18.0 Å². The number of hydrogen-bond donors (Lipinski definition) is 2. The van der Waals surface area contributed by atoms with Gasteiger partial charge in [0.25, 0.3) is 11.0 Å². The van der Waals surface area contributed by atoms with Crippen LogP contribution in [0.2, 0.25) is 0 Å². The molecule has 0 radical (unpaired) electrons. The number of hydrogen-bond acceptors (Lipinski definition) is 6. The van der Waals surface area contributed by atoms with Gasteiger partial charge in [0.2, 0.25) is 5.91 Å². The van der Waals surface area contributed by atoms with Gasteiger partial charge in [-0.1, -0.05) is 13.5 Å². The normalized spacial score (nSPS) is 33.9. The van der Waals surface area contributed by atoms with Crippen LogP contribution in [0, 0.1) is 11.3 Å². The minimum absolute atomic E-state index is 0.106. The van der Waals surface area contributed by atoms with E-state index in [1.165, 1.54) is 0 Å². The van der Waals surface area contributed by atoms with Crippen LogP contribution >= 0.6 is 0 Å². The van der Waals surface area contributed by atoms with Gasteiger partial charge in [-0.2, -0.15) is 0 Å². The third-order valence-corrected chi connectivity index (χ3v) is 4.72. The van der Waals surface area contributed by atoms with E-state index in [0.717, 1.165) is 25.3 Å². The minimum Gasteiger partial charge on any atom is -0.458 e. The Morgan fingerprint density at radius 2 is 2.19 bits per heavy atom. The Morgan fingerprint density at radius 3 is 2.81 bits per heavy atom. The smallest absolute Gasteiger partial charge is 0.325 e.